The molecule has 3 heteroatoms. The molecular formula is C63H44N2S. The fourth-order valence-corrected chi connectivity index (χ4v) is 12.1. The summed E-state index contributed by atoms with van der Waals surface area (Å²) in [5, 5.41) is 5.14. The minimum absolute atomic E-state index is 0.0904. The third-order valence-corrected chi connectivity index (χ3v) is 15.2. The Labute approximate surface area is 388 Å². The van der Waals surface area contributed by atoms with Crippen molar-refractivity contribution in [3.8, 4) is 50.2 Å². The van der Waals surface area contributed by atoms with Crippen LogP contribution < -0.4 is 4.90 Å². The van der Waals surface area contributed by atoms with Gasteiger partial charge in [-0.2, -0.15) is 0 Å². The third-order valence-electron chi connectivity index (χ3n) is 14.0. The van der Waals surface area contributed by atoms with Gasteiger partial charge in [-0.1, -0.05) is 184 Å². The molecule has 2 aromatic heterocycles. The van der Waals surface area contributed by atoms with Crippen LogP contribution in [0.2, 0.25) is 0 Å². The van der Waals surface area contributed by atoms with Crippen LogP contribution in [-0.4, -0.2) is 4.57 Å². The molecule has 312 valence electrons. The van der Waals surface area contributed by atoms with Crippen LogP contribution >= 0.6 is 11.3 Å². The largest absolute Gasteiger partial charge is 0.310 e. The second kappa shape index (κ2) is 15.1. The molecule has 0 bridgehead atoms. The van der Waals surface area contributed by atoms with Crippen LogP contribution in [0, 0.1) is 0 Å². The van der Waals surface area contributed by atoms with Crippen molar-refractivity contribution in [2.45, 2.75) is 19.3 Å². The van der Waals surface area contributed by atoms with E-state index in [0.717, 1.165) is 17.1 Å². The standard InChI is InChI=1S/C63H44N2S/c1-63(2)56-21-8-3-15-50(56)55-20-13-19-49(62(55)63)44-32-36-46(37-33-44)64(47-38-39-54-53-18-7-12-25-60(53)66-61(54)40-47)45-34-30-42(31-35-45)41-26-28-43(29-27-41)48-14-4-9-22-57(48)65-58-23-10-5-16-51(58)52-17-6-11-24-59(52)65/h3-40H,1-2H3. The summed E-state index contributed by atoms with van der Waals surface area (Å²) < 4.78 is 5.01. The van der Waals surface area contributed by atoms with Crippen molar-refractivity contribution in [2.24, 2.45) is 0 Å². The molecule has 13 rings (SSSR count). The lowest BCUT2D eigenvalue weighted by atomic mass is 9.79. The molecule has 0 N–H and O–H groups in total. The molecule has 10 aromatic carbocycles. The van der Waals surface area contributed by atoms with Gasteiger partial charge in [0.25, 0.3) is 0 Å². The normalized spacial score (nSPS) is 12.8. The van der Waals surface area contributed by atoms with Crippen LogP contribution in [0.25, 0.3) is 92.2 Å². The second-order valence-electron chi connectivity index (χ2n) is 18.1. The maximum Gasteiger partial charge on any atom is 0.0541 e. The summed E-state index contributed by atoms with van der Waals surface area (Å²) in [4.78, 5) is 2.40. The summed E-state index contributed by atoms with van der Waals surface area (Å²) in [6, 6.07) is 84.9. The van der Waals surface area contributed by atoms with Crippen LogP contribution in [0.3, 0.4) is 0 Å². The molecule has 0 spiro atoms. The topological polar surface area (TPSA) is 8.17 Å². The number of hydrogen-bond donors (Lipinski definition) is 0. The van der Waals surface area contributed by atoms with Gasteiger partial charge in [0.15, 0.2) is 0 Å². The van der Waals surface area contributed by atoms with E-state index >= 15 is 0 Å². The number of anilines is 3. The molecular weight excluding hydrogens is 817 g/mol. The monoisotopic (exact) mass is 860 g/mol. The summed E-state index contributed by atoms with van der Waals surface area (Å²) in [6.45, 7) is 4.74. The van der Waals surface area contributed by atoms with Crippen LogP contribution in [0.1, 0.15) is 25.0 Å². The minimum atomic E-state index is -0.0904. The third kappa shape index (κ3) is 6.01. The SMILES string of the molecule is CC1(C)c2ccccc2-c2cccc(-c3ccc(N(c4ccc(-c5ccc(-c6ccccc6-n6c7ccccc7c7ccccc76)cc5)cc4)c4ccc5c(c4)sc4ccccc45)cc3)c21. The molecule has 1 aliphatic carbocycles. The Bertz CT molecular complexity index is 3780. The molecule has 0 radical (unpaired) electrons. The second-order valence-corrected chi connectivity index (χ2v) is 19.2. The first-order valence-corrected chi connectivity index (χ1v) is 23.6. The van der Waals surface area contributed by atoms with Crippen molar-refractivity contribution in [3.63, 3.8) is 0 Å². The van der Waals surface area contributed by atoms with Gasteiger partial charge in [0.2, 0.25) is 0 Å². The molecule has 0 saturated carbocycles. The highest BCUT2D eigenvalue weighted by Gasteiger charge is 2.37. The van der Waals surface area contributed by atoms with Gasteiger partial charge >= 0.3 is 0 Å². The maximum atomic E-state index is 2.41. The highest BCUT2D eigenvalue weighted by molar-refractivity contribution is 7.25. The number of benzene rings is 10. The van der Waals surface area contributed by atoms with Crippen molar-refractivity contribution in [2.75, 3.05) is 4.90 Å². The molecule has 0 amide bonds. The average Bonchev–Trinajstić information content (AvgIpc) is 4.00. The van der Waals surface area contributed by atoms with E-state index < -0.39 is 0 Å². The van der Waals surface area contributed by atoms with E-state index in [4.69, 9.17) is 0 Å². The molecule has 0 atom stereocenters. The summed E-state index contributed by atoms with van der Waals surface area (Å²) in [5.41, 5.74) is 19.6. The van der Waals surface area contributed by atoms with E-state index in [9.17, 15) is 0 Å². The Morgan fingerprint density at radius 1 is 0.364 bits per heavy atom. The number of fused-ring (bicyclic) bond motifs is 9. The zero-order valence-corrected chi connectivity index (χ0v) is 37.6. The Kier molecular flexibility index (Phi) is 8.78. The van der Waals surface area contributed by atoms with Crippen LogP contribution in [0.5, 0.6) is 0 Å². The average molecular weight is 861 g/mol. The van der Waals surface area contributed by atoms with E-state index in [2.05, 4.69) is 254 Å². The molecule has 0 aliphatic heterocycles. The van der Waals surface area contributed by atoms with Gasteiger partial charge in [0.1, 0.15) is 0 Å². The van der Waals surface area contributed by atoms with E-state index in [1.165, 1.54) is 103 Å². The maximum absolute atomic E-state index is 2.41. The molecule has 1 aliphatic rings. The number of thiophene rings is 1. The fraction of sp³-hybridized carbons (Fsp3) is 0.0476. The van der Waals surface area contributed by atoms with Gasteiger partial charge < -0.3 is 9.47 Å². The zero-order chi connectivity index (χ0) is 43.9. The minimum Gasteiger partial charge on any atom is -0.310 e. The van der Waals surface area contributed by atoms with E-state index in [1.807, 2.05) is 11.3 Å². The Hall–Kier alpha value is -7.98. The fourth-order valence-electron chi connectivity index (χ4n) is 10.9. The first kappa shape index (κ1) is 38.5. The summed E-state index contributed by atoms with van der Waals surface area (Å²) in [7, 11) is 0. The number of aromatic nitrogens is 1. The van der Waals surface area contributed by atoms with Crippen molar-refractivity contribution in [1.82, 2.24) is 4.57 Å². The smallest absolute Gasteiger partial charge is 0.0541 e. The lowest BCUT2D eigenvalue weighted by molar-refractivity contribution is 0.662. The molecule has 2 nitrogen and oxygen atoms in total. The molecule has 0 unspecified atom stereocenters. The van der Waals surface area contributed by atoms with Gasteiger partial charge in [0.05, 0.1) is 16.7 Å². The Balaban J connectivity index is 0.862. The first-order valence-electron chi connectivity index (χ1n) is 22.8. The van der Waals surface area contributed by atoms with Crippen molar-refractivity contribution in [3.05, 3.63) is 242 Å². The summed E-state index contributed by atoms with van der Waals surface area (Å²) in [5.74, 6) is 0. The van der Waals surface area contributed by atoms with Gasteiger partial charge in [-0.15, -0.1) is 11.3 Å². The van der Waals surface area contributed by atoms with Gasteiger partial charge in [0, 0.05) is 59.0 Å². The van der Waals surface area contributed by atoms with Crippen LogP contribution in [0.4, 0.5) is 17.1 Å². The molecule has 2 heterocycles. The highest BCUT2D eigenvalue weighted by Crippen LogP contribution is 2.52. The predicted octanol–water partition coefficient (Wildman–Crippen LogP) is 17.9. The number of hydrogen-bond acceptors (Lipinski definition) is 2. The lowest BCUT2D eigenvalue weighted by Gasteiger charge is -2.27. The van der Waals surface area contributed by atoms with Crippen LogP contribution in [0.15, 0.2) is 231 Å². The number of nitrogens with zero attached hydrogens (tertiary/aromatic N) is 2. The van der Waals surface area contributed by atoms with E-state index in [-0.39, 0.29) is 5.41 Å². The molecule has 66 heavy (non-hydrogen) atoms. The van der Waals surface area contributed by atoms with E-state index in [1.54, 1.807) is 0 Å². The van der Waals surface area contributed by atoms with Crippen molar-refractivity contribution >= 4 is 70.4 Å². The zero-order valence-electron chi connectivity index (χ0n) is 36.7. The van der Waals surface area contributed by atoms with Gasteiger partial charge in [-0.05, 0) is 111 Å². The predicted molar refractivity (Wildman–Crippen MR) is 282 cm³/mol. The quantitative estimate of drug-likeness (QED) is 0.155. The molecule has 0 fully saturated rings. The van der Waals surface area contributed by atoms with Gasteiger partial charge in [-0.3, -0.25) is 0 Å². The van der Waals surface area contributed by atoms with Gasteiger partial charge in [-0.25, -0.2) is 0 Å². The Morgan fingerprint density at radius 3 is 1.56 bits per heavy atom. The number of para-hydroxylation sites is 3. The summed E-state index contributed by atoms with van der Waals surface area (Å²) >= 11 is 1.86. The molecule has 0 saturated heterocycles. The van der Waals surface area contributed by atoms with Crippen LogP contribution in [-0.2, 0) is 5.41 Å². The lowest BCUT2D eigenvalue weighted by Crippen LogP contribution is -2.16. The molecule has 12 aromatic rings. The highest BCUT2D eigenvalue weighted by atomic mass is 32.1. The number of rotatable bonds is 7. The van der Waals surface area contributed by atoms with E-state index in [0.29, 0.717) is 0 Å². The summed E-state index contributed by atoms with van der Waals surface area (Å²) in [6.07, 6.45) is 0. The first-order chi connectivity index (χ1) is 32.5. The Morgan fingerprint density at radius 2 is 0.848 bits per heavy atom. The van der Waals surface area contributed by atoms with Crippen molar-refractivity contribution in [1.29, 1.82) is 0 Å². The van der Waals surface area contributed by atoms with Crippen molar-refractivity contribution < 1.29 is 0 Å².